The minimum atomic E-state index is -0.245. The van der Waals surface area contributed by atoms with Crippen LogP contribution in [-0.2, 0) is 0 Å². The average molecular weight is 293 g/mol. The van der Waals surface area contributed by atoms with Crippen LogP contribution in [0.2, 0.25) is 12.0 Å². The first-order chi connectivity index (χ1) is 10.2. The van der Waals surface area contributed by atoms with Crippen molar-refractivity contribution in [2.24, 2.45) is 0 Å². The van der Waals surface area contributed by atoms with Gasteiger partial charge >= 0.3 is 6.71 Å². The zero-order chi connectivity index (χ0) is 14.8. The molecule has 0 aliphatic rings. The van der Waals surface area contributed by atoms with E-state index in [-0.39, 0.29) is 6.71 Å². The molecule has 21 heavy (non-hydrogen) atoms. The highest BCUT2D eigenvalue weighted by atomic mass is 35.5. The summed E-state index contributed by atoms with van der Waals surface area (Å²) in [7, 11) is 0. The highest BCUT2D eigenvalue weighted by molar-refractivity contribution is 6.78. The third kappa shape index (κ3) is 2.71. The maximum atomic E-state index is 8.99. The van der Waals surface area contributed by atoms with Gasteiger partial charge in [-0.1, -0.05) is 18.4 Å². The monoisotopic (exact) mass is 292 g/mol. The lowest BCUT2D eigenvalue weighted by Gasteiger charge is -2.05. The van der Waals surface area contributed by atoms with Crippen LogP contribution in [0.1, 0.15) is 0 Å². The number of fused-ring (bicyclic) bond motifs is 1. The largest absolute Gasteiger partial charge is 0.318 e. The number of pyridine rings is 3. The second-order valence-corrected chi connectivity index (χ2v) is 5.10. The quantitative estimate of drug-likeness (QED) is 0.538. The number of nitrogens with zero attached hydrogens (tertiary/aromatic N) is 4. The van der Waals surface area contributed by atoms with Crippen LogP contribution in [0.15, 0.2) is 42.7 Å². The molecule has 3 heterocycles. The third-order valence-corrected chi connectivity index (χ3v) is 3.47. The normalized spacial score (nSPS) is 10.3. The van der Waals surface area contributed by atoms with E-state index in [0.29, 0.717) is 5.15 Å². The lowest BCUT2D eigenvalue weighted by Crippen LogP contribution is -2.27. The molecule has 0 N–H and O–H groups in total. The molecule has 0 saturated carbocycles. The summed E-state index contributed by atoms with van der Waals surface area (Å²) in [5.41, 5.74) is 4.16. The zero-order valence-electron chi connectivity index (χ0n) is 11.3. The van der Waals surface area contributed by atoms with Crippen LogP contribution in [0, 0.1) is 11.2 Å². The predicted octanol–water partition coefficient (Wildman–Crippen LogP) is 2.74. The second kappa shape index (κ2) is 5.51. The SMILES string of the molecule is CB(C#N)c1cc(-c2cnc3ccc(Cl)nc3c2)ccn1. The highest BCUT2D eigenvalue weighted by Crippen LogP contribution is 2.21. The molecule has 0 aliphatic carbocycles. The summed E-state index contributed by atoms with van der Waals surface area (Å²) >= 11 is 5.92. The van der Waals surface area contributed by atoms with E-state index < -0.39 is 0 Å². The molecular weight excluding hydrogens is 282 g/mol. The van der Waals surface area contributed by atoms with Gasteiger partial charge in [-0.15, -0.1) is 0 Å². The number of rotatable bonds is 2. The number of aromatic nitrogens is 3. The summed E-state index contributed by atoms with van der Waals surface area (Å²) in [4.78, 5) is 12.9. The van der Waals surface area contributed by atoms with Crippen LogP contribution in [0.25, 0.3) is 22.2 Å². The fraction of sp³-hybridized carbons (Fsp3) is 0.0667. The zero-order valence-corrected chi connectivity index (χ0v) is 12.0. The maximum absolute atomic E-state index is 8.99. The van der Waals surface area contributed by atoms with E-state index in [9.17, 15) is 0 Å². The number of hydrogen-bond donors (Lipinski definition) is 0. The van der Waals surface area contributed by atoms with E-state index in [0.717, 1.165) is 27.8 Å². The van der Waals surface area contributed by atoms with Crippen molar-refractivity contribution in [3.05, 3.63) is 47.9 Å². The van der Waals surface area contributed by atoms with Crippen molar-refractivity contribution in [1.29, 1.82) is 5.26 Å². The topological polar surface area (TPSA) is 62.5 Å². The fourth-order valence-electron chi connectivity index (χ4n) is 2.07. The molecule has 0 bridgehead atoms. The van der Waals surface area contributed by atoms with Crippen LogP contribution in [0.4, 0.5) is 0 Å². The summed E-state index contributed by atoms with van der Waals surface area (Å²) in [5, 5.41) is 9.43. The van der Waals surface area contributed by atoms with Crippen molar-refractivity contribution in [3.63, 3.8) is 0 Å². The van der Waals surface area contributed by atoms with Gasteiger partial charge in [0.2, 0.25) is 0 Å². The van der Waals surface area contributed by atoms with E-state index in [2.05, 4.69) is 20.9 Å². The molecule has 3 rings (SSSR count). The first-order valence-corrected chi connectivity index (χ1v) is 6.83. The van der Waals surface area contributed by atoms with Crippen molar-refractivity contribution in [2.45, 2.75) is 6.82 Å². The van der Waals surface area contributed by atoms with E-state index in [1.807, 2.05) is 31.1 Å². The summed E-state index contributed by atoms with van der Waals surface area (Å²) in [5.74, 6) is 2.19. The Morgan fingerprint density at radius 2 is 1.95 bits per heavy atom. The minimum Gasteiger partial charge on any atom is -0.270 e. The molecule has 3 aromatic heterocycles. The molecule has 0 aliphatic heterocycles. The van der Waals surface area contributed by atoms with Gasteiger partial charge in [0, 0.05) is 29.5 Å². The Morgan fingerprint density at radius 3 is 2.76 bits per heavy atom. The molecule has 0 saturated heterocycles. The first-order valence-electron chi connectivity index (χ1n) is 6.45. The lowest BCUT2D eigenvalue weighted by molar-refractivity contribution is 1.33. The summed E-state index contributed by atoms with van der Waals surface area (Å²) in [6.45, 7) is 1.58. The molecule has 100 valence electrons. The van der Waals surface area contributed by atoms with Crippen molar-refractivity contribution < 1.29 is 0 Å². The number of halogens is 1. The molecule has 0 spiro atoms. The van der Waals surface area contributed by atoms with Crippen molar-refractivity contribution >= 4 is 34.9 Å². The molecule has 0 amide bonds. The second-order valence-electron chi connectivity index (χ2n) is 4.72. The van der Waals surface area contributed by atoms with Gasteiger partial charge in [-0.05, 0) is 35.9 Å². The molecule has 3 aromatic rings. The van der Waals surface area contributed by atoms with E-state index >= 15 is 0 Å². The molecule has 0 unspecified atom stereocenters. The lowest BCUT2D eigenvalue weighted by atomic mass is 9.51. The van der Waals surface area contributed by atoms with Gasteiger partial charge in [0.05, 0.1) is 11.0 Å². The summed E-state index contributed by atoms with van der Waals surface area (Å²) in [6.07, 6.45) is 3.49. The molecular formula is C15H10BClN4. The molecule has 0 atom stereocenters. The van der Waals surface area contributed by atoms with Gasteiger partial charge < -0.3 is 0 Å². The standard InChI is InChI=1S/C15H10BClN4/c1-16(9-18)14-7-10(4-5-19-14)11-6-13-12(20-8-11)2-3-15(17)21-13/h2-8H,1H3. The number of hydrogen-bond acceptors (Lipinski definition) is 4. The smallest absolute Gasteiger partial charge is 0.270 e. The average Bonchev–Trinajstić information content (AvgIpc) is 2.53. The van der Waals surface area contributed by atoms with Gasteiger partial charge in [-0.2, -0.15) is 0 Å². The van der Waals surface area contributed by atoms with Crippen LogP contribution in [0.3, 0.4) is 0 Å². The van der Waals surface area contributed by atoms with Crippen LogP contribution >= 0.6 is 11.6 Å². The molecule has 0 aromatic carbocycles. The van der Waals surface area contributed by atoms with Crippen molar-refractivity contribution in [2.75, 3.05) is 0 Å². The summed E-state index contributed by atoms with van der Waals surface area (Å²) < 4.78 is 0. The first kappa shape index (κ1) is 13.5. The third-order valence-electron chi connectivity index (χ3n) is 3.26. The van der Waals surface area contributed by atoms with Crippen LogP contribution in [-0.4, -0.2) is 21.7 Å². The fourth-order valence-corrected chi connectivity index (χ4v) is 2.22. The Balaban J connectivity index is 2.10. The van der Waals surface area contributed by atoms with E-state index in [1.165, 1.54) is 0 Å². The Morgan fingerprint density at radius 1 is 1.10 bits per heavy atom. The highest BCUT2D eigenvalue weighted by Gasteiger charge is 2.12. The van der Waals surface area contributed by atoms with E-state index in [1.54, 1.807) is 18.5 Å². The Hall–Kier alpha value is -2.45. The van der Waals surface area contributed by atoms with Gasteiger partial charge in [0.1, 0.15) is 5.15 Å². The van der Waals surface area contributed by atoms with Gasteiger partial charge in [-0.3, -0.25) is 9.97 Å². The Bertz CT molecular complexity index is 860. The van der Waals surface area contributed by atoms with Crippen molar-refractivity contribution in [1.82, 2.24) is 15.0 Å². The minimum absolute atomic E-state index is 0.245. The van der Waals surface area contributed by atoms with Gasteiger partial charge in [0.15, 0.2) is 0 Å². The Kier molecular flexibility index (Phi) is 3.55. The Labute approximate surface area is 127 Å². The summed E-state index contributed by atoms with van der Waals surface area (Å²) in [6, 6.07) is 9.28. The molecule has 6 heteroatoms. The maximum Gasteiger partial charge on any atom is 0.318 e. The van der Waals surface area contributed by atoms with E-state index in [4.69, 9.17) is 16.9 Å². The molecule has 0 radical (unpaired) electrons. The predicted molar refractivity (Wildman–Crippen MR) is 84.6 cm³/mol. The number of nitriles is 1. The molecule has 0 fully saturated rings. The molecule has 4 nitrogen and oxygen atoms in total. The van der Waals surface area contributed by atoms with Gasteiger partial charge in [0.25, 0.3) is 0 Å². The van der Waals surface area contributed by atoms with Crippen molar-refractivity contribution in [3.8, 4) is 17.1 Å². The van der Waals surface area contributed by atoms with Gasteiger partial charge in [-0.25, -0.2) is 10.2 Å². The van der Waals surface area contributed by atoms with Crippen LogP contribution < -0.4 is 5.59 Å². The van der Waals surface area contributed by atoms with Crippen LogP contribution in [0.5, 0.6) is 0 Å².